The average Bonchev–Trinajstić information content (AvgIpc) is 3.09. The van der Waals surface area contributed by atoms with Gasteiger partial charge in [0, 0.05) is 18.2 Å². The van der Waals surface area contributed by atoms with Crippen LogP contribution in [0, 0.1) is 0 Å². The number of carbonyl (C=O) groups excluding carboxylic acids is 2. The molecule has 0 amide bonds. The van der Waals surface area contributed by atoms with E-state index >= 15 is 0 Å². The molecule has 15 heteroatoms. The minimum Gasteiger partial charge on any atom is -0.508 e. The molecule has 1 saturated heterocycles. The van der Waals surface area contributed by atoms with E-state index in [4.69, 9.17) is 18.9 Å². The molecule has 0 radical (unpaired) electrons. The van der Waals surface area contributed by atoms with Gasteiger partial charge in [0.15, 0.2) is 11.6 Å². The summed E-state index contributed by atoms with van der Waals surface area (Å²) < 4.78 is 24.3. The average molecular weight is 705 g/mol. The number of phenols is 5. The van der Waals surface area contributed by atoms with E-state index in [-0.39, 0.29) is 51.7 Å². The zero-order valence-electron chi connectivity index (χ0n) is 26.4. The predicted octanol–water partition coefficient (Wildman–Crippen LogP) is 2.20. The minimum absolute atomic E-state index is 0.0546. The van der Waals surface area contributed by atoms with Crippen molar-refractivity contribution < 1.29 is 74.5 Å². The Hall–Kier alpha value is -5.58. The molecule has 8 atom stereocenters. The minimum atomic E-state index is -1.93. The van der Waals surface area contributed by atoms with Gasteiger partial charge in [-0.25, -0.2) is 0 Å². The van der Waals surface area contributed by atoms with Crippen LogP contribution < -0.4 is 14.2 Å². The lowest BCUT2D eigenvalue weighted by Crippen LogP contribution is -2.60. The summed E-state index contributed by atoms with van der Waals surface area (Å²) in [7, 11) is 0. The first kappa shape index (κ1) is 33.9. The summed E-state index contributed by atoms with van der Waals surface area (Å²) in [6.07, 6.45) is -11.4. The zero-order valence-corrected chi connectivity index (χ0v) is 26.4. The van der Waals surface area contributed by atoms with Crippen LogP contribution >= 0.6 is 0 Å². The third-order valence-electron chi connectivity index (χ3n) is 9.21. The lowest BCUT2D eigenvalue weighted by atomic mass is 9.78. The highest BCUT2D eigenvalue weighted by Gasteiger charge is 2.49. The number of Topliss-reactive ketones (excluding diaryl/α,β-unsaturated/α-hetero) is 2. The Labute approximate surface area is 288 Å². The standard InChI is InChI=1S/C36H32O15/c37-13-25-30(44)32(46)33(47)36(51-25)50-24-12-21(43)26-20(42)11-22(14-1-5-16(38)6-2-14)48-35(26)28(24)29-31(45)27-19(41)9-18(40)10-23(27)49-34(29)15-3-7-17(39)8-4-15/h1-10,12,22,25,29-30,32-34,36-41,43-44,46-47H,11,13H2/t22-,25-,29-,30+,32-,33-,34+,36+/m0/s1. The fraction of sp³-hybridized carbons (Fsp3) is 0.278. The molecule has 0 saturated carbocycles. The Bertz CT molecular complexity index is 1990. The molecule has 4 aromatic carbocycles. The van der Waals surface area contributed by atoms with Crippen LogP contribution in [0.1, 0.15) is 62.0 Å². The molecule has 0 spiro atoms. The number of ketones is 2. The molecule has 9 N–H and O–H groups in total. The fourth-order valence-electron chi connectivity index (χ4n) is 6.67. The summed E-state index contributed by atoms with van der Waals surface area (Å²) in [5, 5.41) is 93.8. The van der Waals surface area contributed by atoms with Crippen LogP contribution in [0.5, 0.6) is 46.0 Å². The molecule has 3 aliphatic heterocycles. The molecule has 0 unspecified atom stereocenters. The number of hydrogen-bond donors (Lipinski definition) is 9. The van der Waals surface area contributed by atoms with Crippen LogP contribution in [0.3, 0.4) is 0 Å². The number of ether oxygens (including phenoxy) is 4. The number of aromatic hydroxyl groups is 5. The predicted molar refractivity (Wildman–Crippen MR) is 171 cm³/mol. The van der Waals surface area contributed by atoms with Gasteiger partial charge in [0.05, 0.1) is 24.5 Å². The first-order valence-corrected chi connectivity index (χ1v) is 15.8. The molecule has 0 aromatic heterocycles. The van der Waals surface area contributed by atoms with Gasteiger partial charge in [-0.1, -0.05) is 24.3 Å². The lowest BCUT2D eigenvalue weighted by molar-refractivity contribution is -0.277. The van der Waals surface area contributed by atoms with Crippen LogP contribution in [0.25, 0.3) is 0 Å². The maximum atomic E-state index is 14.7. The van der Waals surface area contributed by atoms with Gasteiger partial charge in [0.2, 0.25) is 6.29 Å². The van der Waals surface area contributed by atoms with E-state index in [0.29, 0.717) is 5.56 Å². The molecule has 3 heterocycles. The summed E-state index contributed by atoms with van der Waals surface area (Å²) in [6.45, 7) is -0.792. The molecule has 51 heavy (non-hydrogen) atoms. The van der Waals surface area contributed by atoms with Crippen molar-refractivity contribution >= 4 is 11.6 Å². The van der Waals surface area contributed by atoms with Crippen LogP contribution in [0.2, 0.25) is 0 Å². The van der Waals surface area contributed by atoms with Gasteiger partial charge in [-0.2, -0.15) is 0 Å². The molecule has 0 aliphatic carbocycles. The highest BCUT2D eigenvalue weighted by Crippen LogP contribution is 2.56. The number of carbonyl (C=O) groups is 2. The summed E-state index contributed by atoms with van der Waals surface area (Å²) in [5.74, 6) is -5.85. The van der Waals surface area contributed by atoms with Crippen molar-refractivity contribution in [1.82, 2.24) is 0 Å². The van der Waals surface area contributed by atoms with Crippen LogP contribution in [-0.4, -0.2) is 94.8 Å². The van der Waals surface area contributed by atoms with Gasteiger partial charge in [-0.05, 0) is 35.4 Å². The Morgan fingerprint density at radius 1 is 0.706 bits per heavy atom. The SMILES string of the molecule is O=C1C[C@@H](c2ccc(O)cc2)Oc2c1c(O)cc(O[C@@H]1O[C@@H](CO)[C@@H](O)[C@H](O)[C@@H]1O)c2[C@H]1C(=O)c2c(O)cc(O)cc2O[C@@H]1c1ccc(O)cc1. The van der Waals surface area contributed by atoms with Gasteiger partial charge in [-0.15, -0.1) is 0 Å². The van der Waals surface area contributed by atoms with Crippen molar-refractivity contribution in [3.63, 3.8) is 0 Å². The van der Waals surface area contributed by atoms with Crippen molar-refractivity contribution in [3.05, 3.63) is 94.5 Å². The number of rotatable bonds is 6. The van der Waals surface area contributed by atoms with Crippen LogP contribution in [0.4, 0.5) is 0 Å². The number of hydrogen-bond acceptors (Lipinski definition) is 15. The van der Waals surface area contributed by atoms with Crippen LogP contribution in [0.15, 0.2) is 66.7 Å². The molecule has 0 bridgehead atoms. The molecular weight excluding hydrogens is 672 g/mol. The Kier molecular flexibility index (Phi) is 8.61. The number of aliphatic hydroxyl groups is 4. The monoisotopic (exact) mass is 704 g/mol. The number of benzene rings is 4. The van der Waals surface area contributed by atoms with Gasteiger partial charge in [0.1, 0.15) is 93.7 Å². The molecule has 1 fully saturated rings. The normalized spacial score (nSPS) is 27.1. The Morgan fingerprint density at radius 3 is 1.98 bits per heavy atom. The number of aliphatic hydroxyl groups excluding tert-OH is 4. The van der Waals surface area contributed by atoms with E-state index in [1.807, 2.05) is 0 Å². The van der Waals surface area contributed by atoms with Crippen molar-refractivity contribution in [1.29, 1.82) is 0 Å². The Morgan fingerprint density at radius 2 is 1.33 bits per heavy atom. The third kappa shape index (κ3) is 5.90. The van der Waals surface area contributed by atoms with Gasteiger partial charge in [0.25, 0.3) is 0 Å². The fourth-order valence-corrected chi connectivity index (χ4v) is 6.67. The molecule has 7 rings (SSSR count). The maximum Gasteiger partial charge on any atom is 0.229 e. The number of phenolic OH excluding ortho intramolecular Hbond substituents is 5. The maximum absolute atomic E-state index is 14.7. The zero-order chi connectivity index (χ0) is 36.3. The number of fused-ring (bicyclic) bond motifs is 2. The summed E-state index contributed by atoms with van der Waals surface area (Å²) in [4.78, 5) is 28.5. The Balaban J connectivity index is 1.47. The molecule has 4 aromatic rings. The first-order chi connectivity index (χ1) is 24.4. The summed E-state index contributed by atoms with van der Waals surface area (Å²) in [6, 6.07) is 14.4. The second kappa shape index (κ2) is 12.9. The summed E-state index contributed by atoms with van der Waals surface area (Å²) >= 11 is 0. The van der Waals surface area contributed by atoms with Gasteiger partial charge < -0.3 is 64.9 Å². The van der Waals surface area contributed by atoms with Crippen molar-refractivity contribution in [2.24, 2.45) is 0 Å². The smallest absolute Gasteiger partial charge is 0.229 e. The third-order valence-corrected chi connectivity index (χ3v) is 9.21. The topological polar surface area (TPSA) is 253 Å². The van der Waals surface area contributed by atoms with E-state index < -0.39 is 90.0 Å². The van der Waals surface area contributed by atoms with E-state index in [2.05, 4.69) is 0 Å². The quantitative estimate of drug-likeness (QED) is 0.139. The van der Waals surface area contributed by atoms with Crippen molar-refractivity contribution in [2.75, 3.05) is 6.61 Å². The summed E-state index contributed by atoms with van der Waals surface area (Å²) in [5.41, 5.74) is -0.183. The molecule has 15 nitrogen and oxygen atoms in total. The highest BCUT2D eigenvalue weighted by atomic mass is 16.7. The second-order valence-corrected chi connectivity index (χ2v) is 12.5. The van der Waals surface area contributed by atoms with Gasteiger partial charge >= 0.3 is 0 Å². The van der Waals surface area contributed by atoms with E-state index in [1.165, 1.54) is 48.5 Å². The first-order valence-electron chi connectivity index (χ1n) is 15.8. The molecule has 3 aliphatic rings. The van der Waals surface area contributed by atoms with Crippen LogP contribution in [-0.2, 0) is 4.74 Å². The molecule has 266 valence electrons. The molecular formula is C36H32O15. The second-order valence-electron chi connectivity index (χ2n) is 12.5. The van der Waals surface area contributed by atoms with E-state index in [9.17, 15) is 55.5 Å². The van der Waals surface area contributed by atoms with Crippen molar-refractivity contribution in [2.45, 2.75) is 55.3 Å². The van der Waals surface area contributed by atoms with Crippen molar-refractivity contribution in [3.8, 4) is 46.0 Å². The largest absolute Gasteiger partial charge is 0.508 e. The van der Waals surface area contributed by atoms with Gasteiger partial charge in [-0.3, -0.25) is 9.59 Å². The van der Waals surface area contributed by atoms with E-state index in [0.717, 1.165) is 18.2 Å². The van der Waals surface area contributed by atoms with E-state index in [1.54, 1.807) is 0 Å². The highest BCUT2D eigenvalue weighted by molar-refractivity contribution is 6.09. The lowest BCUT2D eigenvalue weighted by Gasteiger charge is -2.41.